The van der Waals surface area contributed by atoms with E-state index in [2.05, 4.69) is 18.8 Å². The molecule has 9 heteroatoms. The van der Waals surface area contributed by atoms with Crippen LogP contribution in [-0.2, 0) is 5.41 Å². The van der Waals surface area contributed by atoms with E-state index < -0.39 is 5.41 Å². The van der Waals surface area contributed by atoms with Crippen molar-refractivity contribution in [2.75, 3.05) is 20.2 Å². The van der Waals surface area contributed by atoms with Crippen molar-refractivity contribution in [1.82, 2.24) is 19.1 Å². The van der Waals surface area contributed by atoms with E-state index in [1.165, 1.54) is 23.9 Å². The fourth-order valence-electron chi connectivity index (χ4n) is 4.37. The highest BCUT2D eigenvalue weighted by molar-refractivity contribution is 7.99. The molecule has 0 unspecified atom stereocenters. The van der Waals surface area contributed by atoms with E-state index >= 15 is 0 Å². The number of ether oxygens (including phenoxy) is 3. The van der Waals surface area contributed by atoms with Gasteiger partial charge in [-0.2, -0.15) is 0 Å². The highest BCUT2D eigenvalue weighted by atomic mass is 32.2. The number of methoxy groups -OCH3 is 2. The molecule has 0 fully saturated rings. The second-order valence-electron chi connectivity index (χ2n) is 9.30. The maximum absolute atomic E-state index is 13.8. The molecule has 0 atom stereocenters. The average molecular weight is 545 g/mol. The molecule has 39 heavy (non-hydrogen) atoms. The van der Waals surface area contributed by atoms with Gasteiger partial charge in [-0.25, -0.2) is 14.4 Å². The van der Waals surface area contributed by atoms with E-state index in [0.717, 1.165) is 33.5 Å². The van der Waals surface area contributed by atoms with Gasteiger partial charge in [-0.1, -0.05) is 19.9 Å². The second kappa shape index (κ2) is 11.2. The van der Waals surface area contributed by atoms with Gasteiger partial charge >= 0.3 is 0 Å². The van der Waals surface area contributed by atoms with Crippen molar-refractivity contribution in [3.63, 3.8) is 0 Å². The number of thioether (sulfide) groups is 1. The summed E-state index contributed by atoms with van der Waals surface area (Å²) >= 11 is 1.46. The summed E-state index contributed by atoms with van der Waals surface area (Å²) in [5.41, 5.74) is 3.30. The predicted molar refractivity (Wildman–Crippen MR) is 150 cm³/mol. The molecule has 0 aliphatic carbocycles. The second-order valence-corrected chi connectivity index (χ2v) is 10.2. The van der Waals surface area contributed by atoms with E-state index in [-0.39, 0.29) is 5.82 Å². The SMILES string of the molecule is COc1ccc(C(C)(C)c2cnc(SCOc3ccc(-n4ccnc4)cc3)n2-c2ccc(F)cc2)cc1OC. The molecule has 3 aromatic carbocycles. The van der Waals surface area contributed by atoms with Crippen LogP contribution in [0.4, 0.5) is 4.39 Å². The Balaban J connectivity index is 1.42. The van der Waals surface area contributed by atoms with Crippen LogP contribution in [0.2, 0.25) is 0 Å². The van der Waals surface area contributed by atoms with Crippen molar-refractivity contribution in [3.8, 4) is 28.6 Å². The number of nitrogens with zero attached hydrogens (tertiary/aromatic N) is 4. The third-order valence-electron chi connectivity index (χ3n) is 6.61. The topological polar surface area (TPSA) is 63.3 Å². The molecule has 0 saturated heterocycles. The fourth-order valence-corrected chi connectivity index (χ4v) is 5.13. The number of hydrogen-bond acceptors (Lipinski definition) is 6. The Morgan fingerprint density at radius 2 is 1.62 bits per heavy atom. The third-order valence-corrected chi connectivity index (χ3v) is 7.39. The Morgan fingerprint density at radius 1 is 0.897 bits per heavy atom. The molecule has 0 bridgehead atoms. The lowest BCUT2D eigenvalue weighted by atomic mass is 9.81. The molecule has 0 amide bonds. The smallest absolute Gasteiger partial charge is 0.176 e. The molecule has 0 saturated carbocycles. The van der Waals surface area contributed by atoms with Crippen LogP contribution >= 0.6 is 11.8 Å². The lowest BCUT2D eigenvalue weighted by molar-refractivity contribution is 0.353. The standard InChI is InChI=1S/C30H29FN4O3S/c1-30(2,21-5-14-26(36-3)27(17-21)37-4)28-18-33-29(35(28)24-8-6-22(31)7-9-24)39-20-38-25-12-10-23(11-13-25)34-16-15-32-19-34/h5-19H,20H2,1-4H3. The minimum Gasteiger partial charge on any atom is -0.493 e. The molecule has 5 rings (SSSR count). The molecular formula is C30H29FN4O3S. The third kappa shape index (κ3) is 5.49. The van der Waals surface area contributed by atoms with Crippen LogP contribution in [0.1, 0.15) is 25.1 Å². The molecule has 200 valence electrons. The van der Waals surface area contributed by atoms with Crippen LogP contribution in [0.3, 0.4) is 0 Å². The molecule has 0 aliphatic rings. The number of rotatable bonds is 10. The summed E-state index contributed by atoms with van der Waals surface area (Å²) in [7, 11) is 3.24. The molecule has 0 N–H and O–H groups in total. The van der Waals surface area contributed by atoms with E-state index in [4.69, 9.17) is 19.2 Å². The van der Waals surface area contributed by atoms with Gasteiger partial charge in [0.15, 0.2) is 16.7 Å². The molecule has 5 aromatic rings. The van der Waals surface area contributed by atoms with E-state index in [1.807, 2.05) is 64.0 Å². The molecule has 2 aromatic heterocycles. The minimum absolute atomic E-state index is 0.295. The molecule has 2 heterocycles. The normalized spacial score (nSPS) is 11.4. The summed E-state index contributed by atoms with van der Waals surface area (Å²) in [5.74, 6) is 2.11. The predicted octanol–water partition coefficient (Wildman–Crippen LogP) is 6.67. The number of benzene rings is 3. The van der Waals surface area contributed by atoms with Crippen LogP contribution in [0.25, 0.3) is 11.4 Å². The number of imidazole rings is 2. The lowest BCUT2D eigenvalue weighted by Crippen LogP contribution is -2.23. The summed E-state index contributed by atoms with van der Waals surface area (Å²) < 4.78 is 34.8. The highest BCUT2D eigenvalue weighted by Crippen LogP contribution is 2.39. The molecule has 0 radical (unpaired) electrons. The van der Waals surface area contributed by atoms with Crippen molar-refractivity contribution in [1.29, 1.82) is 0 Å². The Labute approximate surface area is 231 Å². The highest BCUT2D eigenvalue weighted by Gasteiger charge is 2.30. The Kier molecular flexibility index (Phi) is 7.60. The van der Waals surface area contributed by atoms with Gasteiger partial charge in [0, 0.05) is 29.2 Å². The van der Waals surface area contributed by atoms with Crippen molar-refractivity contribution >= 4 is 11.8 Å². The zero-order chi connectivity index (χ0) is 27.4. The first kappa shape index (κ1) is 26.4. The van der Waals surface area contributed by atoms with E-state index in [9.17, 15) is 4.39 Å². The lowest BCUT2D eigenvalue weighted by Gasteiger charge is -2.28. The Morgan fingerprint density at radius 3 is 2.28 bits per heavy atom. The van der Waals surface area contributed by atoms with E-state index in [1.54, 1.807) is 38.9 Å². The van der Waals surface area contributed by atoms with Crippen molar-refractivity contribution in [2.45, 2.75) is 24.4 Å². The maximum atomic E-state index is 13.8. The van der Waals surface area contributed by atoms with Crippen LogP contribution in [-0.4, -0.2) is 39.3 Å². The number of aromatic nitrogens is 4. The van der Waals surface area contributed by atoms with Gasteiger partial charge in [0.25, 0.3) is 0 Å². The first-order valence-corrected chi connectivity index (χ1v) is 13.3. The Hall–Kier alpha value is -4.24. The fraction of sp³-hybridized carbons (Fsp3) is 0.200. The first-order valence-electron chi connectivity index (χ1n) is 12.3. The van der Waals surface area contributed by atoms with Crippen LogP contribution in [0.15, 0.2) is 96.8 Å². The molecular weight excluding hydrogens is 515 g/mol. The summed E-state index contributed by atoms with van der Waals surface area (Å²) in [6.07, 6.45) is 7.25. The zero-order valence-electron chi connectivity index (χ0n) is 22.2. The monoisotopic (exact) mass is 544 g/mol. The number of hydrogen-bond donors (Lipinski definition) is 0. The van der Waals surface area contributed by atoms with Gasteiger partial charge in [-0.3, -0.25) is 4.57 Å². The van der Waals surface area contributed by atoms with E-state index in [0.29, 0.717) is 17.4 Å². The van der Waals surface area contributed by atoms with Gasteiger partial charge in [0.05, 0.1) is 32.4 Å². The van der Waals surface area contributed by atoms with Crippen LogP contribution in [0, 0.1) is 5.82 Å². The van der Waals surface area contributed by atoms with Crippen molar-refractivity contribution < 1.29 is 18.6 Å². The summed E-state index contributed by atoms with van der Waals surface area (Å²) in [4.78, 5) is 8.83. The van der Waals surface area contributed by atoms with Gasteiger partial charge in [-0.15, -0.1) is 0 Å². The largest absolute Gasteiger partial charge is 0.493 e. The molecule has 0 aliphatic heterocycles. The van der Waals surface area contributed by atoms with Gasteiger partial charge in [-0.05, 0) is 78.0 Å². The minimum atomic E-state index is -0.468. The Bertz CT molecular complexity index is 1530. The summed E-state index contributed by atoms with van der Waals surface area (Å²) in [6.45, 7) is 4.25. The van der Waals surface area contributed by atoms with Crippen molar-refractivity contribution in [2.24, 2.45) is 0 Å². The quantitative estimate of drug-likeness (QED) is 0.145. The van der Waals surface area contributed by atoms with Gasteiger partial charge < -0.3 is 18.8 Å². The molecule has 0 spiro atoms. The number of halogens is 1. The van der Waals surface area contributed by atoms with Crippen LogP contribution < -0.4 is 14.2 Å². The van der Waals surface area contributed by atoms with Gasteiger partial charge in [0.2, 0.25) is 0 Å². The first-order chi connectivity index (χ1) is 18.9. The summed E-state index contributed by atoms with van der Waals surface area (Å²) in [6, 6.07) is 20.1. The molecule has 7 nitrogen and oxygen atoms in total. The zero-order valence-corrected chi connectivity index (χ0v) is 23.0. The summed E-state index contributed by atoms with van der Waals surface area (Å²) in [5, 5.41) is 0.736. The van der Waals surface area contributed by atoms with Gasteiger partial charge in [0.1, 0.15) is 17.5 Å². The maximum Gasteiger partial charge on any atom is 0.176 e. The van der Waals surface area contributed by atoms with Crippen LogP contribution in [0.5, 0.6) is 17.2 Å². The van der Waals surface area contributed by atoms with Crippen molar-refractivity contribution in [3.05, 3.63) is 109 Å². The average Bonchev–Trinajstić information content (AvgIpc) is 3.65.